The summed E-state index contributed by atoms with van der Waals surface area (Å²) in [5.41, 5.74) is 1.22. The molecule has 0 saturated heterocycles. The van der Waals surface area contributed by atoms with Gasteiger partial charge in [-0.25, -0.2) is 4.98 Å². The van der Waals surface area contributed by atoms with E-state index in [1.807, 2.05) is 4.90 Å². The van der Waals surface area contributed by atoms with E-state index < -0.39 is 4.92 Å². The number of furan rings is 1. The van der Waals surface area contributed by atoms with Gasteiger partial charge in [0.15, 0.2) is 17.3 Å². The number of nitro benzene ring substituents is 1. The van der Waals surface area contributed by atoms with Gasteiger partial charge in [-0.05, 0) is 18.6 Å². The van der Waals surface area contributed by atoms with Gasteiger partial charge in [-0.3, -0.25) is 19.8 Å². The van der Waals surface area contributed by atoms with Crippen LogP contribution in [0.1, 0.15) is 16.8 Å². The smallest absolute Gasteiger partial charge is 0.311 e. The number of nitrogens with one attached hydrogen (secondary N) is 1. The highest BCUT2D eigenvalue weighted by Gasteiger charge is 2.24. The van der Waals surface area contributed by atoms with E-state index in [1.165, 1.54) is 12.3 Å². The van der Waals surface area contributed by atoms with E-state index in [0.717, 1.165) is 0 Å². The Balaban J connectivity index is 1.61. The number of benzene rings is 1. The van der Waals surface area contributed by atoms with Crippen molar-refractivity contribution in [3.63, 3.8) is 0 Å². The normalized spacial score (nSPS) is 14.1. The molecule has 138 valence electrons. The van der Waals surface area contributed by atoms with Crippen LogP contribution >= 0.6 is 0 Å². The second-order valence-corrected chi connectivity index (χ2v) is 6.32. The number of para-hydroxylation sites is 1. The molecular weight excluding hydrogens is 352 g/mol. The fourth-order valence-corrected chi connectivity index (χ4v) is 3.25. The Hall–Kier alpha value is -3.46. The van der Waals surface area contributed by atoms with Crippen LogP contribution in [0.25, 0.3) is 11.6 Å². The highest BCUT2D eigenvalue weighted by Crippen LogP contribution is 2.31. The summed E-state index contributed by atoms with van der Waals surface area (Å²) in [4.78, 5) is 32.0. The number of phenols is 1. The quantitative estimate of drug-likeness (QED) is 0.534. The molecule has 4 rings (SSSR count). The van der Waals surface area contributed by atoms with Crippen molar-refractivity contribution < 1.29 is 14.4 Å². The summed E-state index contributed by atoms with van der Waals surface area (Å²) in [7, 11) is 0. The minimum Gasteiger partial charge on any atom is -0.502 e. The van der Waals surface area contributed by atoms with Crippen molar-refractivity contribution in [2.75, 3.05) is 6.54 Å². The first-order valence-electron chi connectivity index (χ1n) is 8.36. The van der Waals surface area contributed by atoms with Gasteiger partial charge in [-0.2, -0.15) is 0 Å². The minimum absolute atomic E-state index is 0.191. The molecule has 3 heterocycles. The zero-order valence-corrected chi connectivity index (χ0v) is 14.2. The van der Waals surface area contributed by atoms with Gasteiger partial charge in [0.05, 0.1) is 16.9 Å². The van der Waals surface area contributed by atoms with Crippen LogP contribution in [-0.2, 0) is 19.5 Å². The molecule has 0 bridgehead atoms. The average Bonchev–Trinajstić information content (AvgIpc) is 3.17. The maximum atomic E-state index is 12.3. The molecule has 0 unspecified atom stereocenters. The van der Waals surface area contributed by atoms with Gasteiger partial charge >= 0.3 is 5.69 Å². The Morgan fingerprint density at radius 3 is 2.93 bits per heavy atom. The lowest BCUT2D eigenvalue weighted by molar-refractivity contribution is -0.385. The van der Waals surface area contributed by atoms with E-state index in [9.17, 15) is 20.0 Å². The molecule has 2 N–H and O–H groups in total. The maximum Gasteiger partial charge on any atom is 0.311 e. The first kappa shape index (κ1) is 17.0. The van der Waals surface area contributed by atoms with Gasteiger partial charge < -0.3 is 14.5 Å². The number of phenolic OH excluding ortho intramolecular Hbond substituents is 1. The summed E-state index contributed by atoms with van der Waals surface area (Å²) in [6, 6.07) is 7.89. The molecule has 1 aliphatic rings. The van der Waals surface area contributed by atoms with Crippen LogP contribution in [-0.4, -0.2) is 31.4 Å². The van der Waals surface area contributed by atoms with E-state index in [0.29, 0.717) is 54.5 Å². The monoisotopic (exact) mass is 368 g/mol. The highest BCUT2D eigenvalue weighted by molar-refractivity contribution is 5.50. The lowest BCUT2D eigenvalue weighted by Crippen LogP contribution is -2.35. The van der Waals surface area contributed by atoms with Crippen LogP contribution in [0.15, 0.2) is 45.8 Å². The van der Waals surface area contributed by atoms with Crippen LogP contribution in [0.5, 0.6) is 5.75 Å². The molecular formula is C18H16N4O5. The van der Waals surface area contributed by atoms with Crippen molar-refractivity contribution in [2.45, 2.75) is 19.5 Å². The molecule has 0 spiro atoms. The SMILES string of the molecule is O=c1[nH]c(-c2ccco2)nc2c1CCN(Cc1cccc([N+](=O)[O-])c1O)C2. The summed E-state index contributed by atoms with van der Waals surface area (Å²) in [6.45, 7) is 1.30. The summed E-state index contributed by atoms with van der Waals surface area (Å²) < 4.78 is 5.30. The molecule has 0 saturated carbocycles. The lowest BCUT2D eigenvalue weighted by atomic mass is 10.0. The maximum absolute atomic E-state index is 12.3. The Morgan fingerprint density at radius 1 is 1.33 bits per heavy atom. The van der Waals surface area contributed by atoms with Crippen LogP contribution in [0.3, 0.4) is 0 Å². The van der Waals surface area contributed by atoms with Crippen molar-refractivity contribution in [1.82, 2.24) is 14.9 Å². The number of rotatable bonds is 4. The van der Waals surface area contributed by atoms with Gasteiger partial charge in [0.1, 0.15) is 0 Å². The molecule has 0 atom stereocenters. The van der Waals surface area contributed by atoms with Gasteiger partial charge in [0.2, 0.25) is 0 Å². The van der Waals surface area contributed by atoms with Crippen LogP contribution in [0.2, 0.25) is 0 Å². The Morgan fingerprint density at radius 2 is 2.19 bits per heavy atom. The molecule has 1 aliphatic heterocycles. The molecule has 0 radical (unpaired) electrons. The first-order chi connectivity index (χ1) is 13.0. The first-order valence-corrected chi connectivity index (χ1v) is 8.36. The molecule has 3 aromatic rings. The zero-order valence-electron chi connectivity index (χ0n) is 14.2. The summed E-state index contributed by atoms with van der Waals surface area (Å²) in [5.74, 6) is 0.510. The van der Waals surface area contributed by atoms with Crippen molar-refractivity contribution >= 4 is 5.69 Å². The van der Waals surface area contributed by atoms with Crippen LogP contribution in [0.4, 0.5) is 5.69 Å². The van der Waals surface area contributed by atoms with Gasteiger partial charge in [-0.1, -0.05) is 12.1 Å². The zero-order chi connectivity index (χ0) is 19.0. The predicted octanol–water partition coefficient (Wildman–Crippen LogP) is 2.20. The molecule has 0 aliphatic carbocycles. The lowest BCUT2D eigenvalue weighted by Gasteiger charge is -2.27. The number of fused-ring (bicyclic) bond motifs is 1. The number of aromatic nitrogens is 2. The Bertz CT molecular complexity index is 1060. The third kappa shape index (κ3) is 3.20. The second-order valence-electron chi connectivity index (χ2n) is 6.32. The summed E-state index contributed by atoms with van der Waals surface area (Å²) in [5, 5.41) is 21.1. The number of hydrogen-bond acceptors (Lipinski definition) is 7. The number of hydrogen-bond donors (Lipinski definition) is 2. The Labute approximate surface area is 153 Å². The van der Waals surface area contributed by atoms with E-state index >= 15 is 0 Å². The van der Waals surface area contributed by atoms with Gasteiger partial charge in [0.25, 0.3) is 5.56 Å². The van der Waals surface area contributed by atoms with Gasteiger partial charge in [-0.15, -0.1) is 0 Å². The van der Waals surface area contributed by atoms with Crippen molar-refractivity contribution in [3.8, 4) is 17.3 Å². The van der Waals surface area contributed by atoms with Gasteiger partial charge in [0, 0.05) is 36.8 Å². The predicted molar refractivity (Wildman–Crippen MR) is 95.1 cm³/mol. The average molecular weight is 368 g/mol. The largest absolute Gasteiger partial charge is 0.502 e. The van der Waals surface area contributed by atoms with Crippen LogP contribution < -0.4 is 5.56 Å². The number of aromatic hydroxyl groups is 1. The second kappa shape index (κ2) is 6.69. The minimum atomic E-state index is -0.610. The molecule has 9 heteroatoms. The van der Waals surface area contributed by atoms with Crippen molar-refractivity contribution in [2.24, 2.45) is 0 Å². The third-order valence-electron chi connectivity index (χ3n) is 4.60. The van der Waals surface area contributed by atoms with Crippen LogP contribution in [0, 0.1) is 10.1 Å². The number of aromatic amines is 1. The number of H-pyrrole nitrogens is 1. The van der Waals surface area contributed by atoms with E-state index in [2.05, 4.69) is 9.97 Å². The highest BCUT2D eigenvalue weighted by atomic mass is 16.6. The van der Waals surface area contributed by atoms with Crippen molar-refractivity contribution in [1.29, 1.82) is 0 Å². The molecule has 9 nitrogen and oxygen atoms in total. The standard InChI is InChI=1S/C18H16N4O5/c23-16-11(3-1-4-14(16)22(25)26)9-21-7-6-12-13(10-21)19-17(20-18(12)24)15-5-2-8-27-15/h1-5,8,23H,6-7,9-10H2,(H,19,20,24). The summed E-state index contributed by atoms with van der Waals surface area (Å²) in [6.07, 6.45) is 2.01. The number of nitrogens with zero attached hydrogens (tertiary/aromatic N) is 3. The van der Waals surface area contributed by atoms with E-state index in [4.69, 9.17) is 4.42 Å². The van der Waals surface area contributed by atoms with E-state index in [1.54, 1.807) is 24.3 Å². The molecule has 2 aromatic heterocycles. The fourth-order valence-electron chi connectivity index (χ4n) is 3.25. The van der Waals surface area contributed by atoms with Crippen molar-refractivity contribution in [3.05, 3.63) is 73.9 Å². The number of nitro groups is 1. The summed E-state index contributed by atoms with van der Waals surface area (Å²) >= 11 is 0. The molecule has 0 amide bonds. The third-order valence-corrected chi connectivity index (χ3v) is 4.60. The van der Waals surface area contributed by atoms with E-state index in [-0.39, 0.29) is 17.0 Å². The molecule has 1 aromatic carbocycles. The molecule has 0 fully saturated rings. The molecule has 27 heavy (non-hydrogen) atoms. The topological polar surface area (TPSA) is 126 Å². The Kier molecular flexibility index (Phi) is 4.21. The fraction of sp³-hybridized carbons (Fsp3) is 0.222.